The number of nitrogens with one attached hydrogen (secondary N) is 1. The summed E-state index contributed by atoms with van der Waals surface area (Å²) in [7, 11) is 2.45. The van der Waals surface area contributed by atoms with Crippen LogP contribution in [0.1, 0.15) is 15.9 Å². The Labute approximate surface area is 131 Å². The lowest BCUT2D eigenvalue weighted by Crippen LogP contribution is -2.36. The van der Waals surface area contributed by atoms with E-state index in [4.69, 9.17) is 0 Å². The predicted molar refractivity (Wildman–Crippen MR) is 78.0 cm³/mol. The maximum absolute atomic E-state index is 12.1. The molecule has 0 spiro atoms. The number of amides is 3. The standard InChI is InChI=1S/C15H14N2O6/c1-22-12(18)8-17-13(19)11(16-15(17)21)7-9-3-5-10(6-4-9)14(20)23-2/h3-7H,8H2,1-2H3,(H,16,21)/b11-7+. The van der Waals surface area contributed by atoms with Crippen LogP contribution in [0.25, 0.3) is 6.08 Å². The van der Waals surface area contributed by atoms with Gasteiger partial charge in [-0.1, -0.05) is 12.1 Å². The molecule has 8 heteroatoms. The first-order valence-electron chi connectivity index (χ1n) is 6.56. The fraction of sp³-hybridized carbons (Fsp3) is 0.200. The summed E-state index contributed by atoms with van der Waals surface area (Å²) in [4.78, 5) is 47.1. The largest absolute Gasteiger partial charge is 0.468 e. The van der Waals surface area contributed by atoms with E-state index in [0.717, 1.165) is 4.90 Å². The van der Waals surface area contributed by atoms with E-state index >= 15 is 0 Å². The van der Waals surface area contributed by atoms with Crippen LogP contribution >= 0.6 is 0 Å². The highest BCUT2D eigenvalue weighted by Gasteiger charge is 2.35. The molecule has 1 aliphatic rings. The van der Waals surface area contributed by atoms with Gasteiger partial charge in [0, 0.05) is 0 Å². The minimum Gasteiger partial charge on any atom is -0.468 e. The lowest BCUT2D eigenvalue weighted by molar-refractivity contribution is -0.143. The predicted octanol–water partition coefficient (Wildman–Crippen LogP) is 0.539. The minimum absolute atomic E-state index is 0.0321. The molecule has 0 radical (unpaired) electrons. The number of benzene rings is 1. The second-order valence-electron chi connectivity index (χ2n) is 4.57. The van der Waals surface area contributed by atoms with E-state index in [9.17, 15) is 19.2 Å². The van der Waals surface area contributed by atoms with Crippen molar-refractivity contribution in [1.82, 2.24) is 10.2 Å². The summed E-state index contributed by atoms with van der Waals surface area (Å²) in [6, 6.07) is 5.57. The molecule has 1 N–H and O–H groups in total. The Morgan fingerprint density at radius 1 is 1.13 bits per heavy atom. The van der Waals surface area contributed by atoms with Gasteiger partial charge in [-0.25, -0.2) is 14.5 Å². The van der Waals surface area contributed by atoms with Crippen molar-refractivity contribution in [2.45, 2.75) is 0 Å². The number of nitrogens with zero attached hydrogens (tertiary/aromatic N) is 1. The fourth-order valence-corrected chi connectivity index (χ4v) is 1.91. The zero-order chi connectivity index (χ0) is 17.0. The Kier molecular flexibility index (Phi) is 4.75. The highest BCUT2D eigenvalue weighted by Crippen LogP contribution is 2.15. The number of hydrogen-bond acceptors (Lipinski definition) is 6. The third-order valence-electron chi connectivity index (χ3n) is 3.12. The fourth-order valence-electron chi connectivity index (χ4n) is 1.91. The molecule has 1 fully saturated rings. The first-order chi connectivity index (χ1) is 11.0. The molecule has 0 aliphatic carbocycles. The van der Waals surface area contributed by atoms with Crippen LogP contribution in [-0.4, -0.2) is 49.5 Å². The highest BCUT2D eigenvalue weighted by atomic mass is 16.5. The molecule has 3 amide bonds. The molecule has 0 unspecified atom stereocenters. The van der Waals surface area contributed by atoms with Gasteiger partial charge in [-0.2, -0.15) is 0 Å². The Morgan fingerprint density at radius 2 is 1.78 bits per heavy atom. The van der Waals surface area contributed by atoms with Crippen LogP contribution < -0.4 is 5.32 Å². The average molecular weight is 318 g/mol. The van der Waals surface area contributed by atoms with Crippen LogP contribution in [0.3, 0.4) is 0 Å². The molecule has 0 atom stereocenters. The number of esters is 2. The zero-order valence-electron chi connectivity index (χ0n) is 12.5. The van der Waals surface area contributed by atoms with Crippen LogP contribution in [-0.2, 0) is 19.1 Å². The van der Waals surface area contributed by atoms with Gasteiger partial charge >= 0.3 is 18.0 Å². The highest BCUT2D eigenvalue weighted by molar-refractivity contribution is 6.15. The van der Waals surface area contributed by atoms with Crippen molar-refractivity contribution in [1.29, 1.82) is 0 Å². The van der Waals surface area contributed by atoms with Crippen molar-refractivity contribution in [3.8, 4) is 0 Å². The van der Waals surface area contributed by atoms with Gasteiger partial charge in [0.25, 0.3) is 5.91 Å². The van der Waals surface area contributed by atoms with E-state index in [2.05, 4.69) is 14.8 Å². The van der Waals surface area contributed by atoms with E-state index in [1.807, 2.05) is 0 Å². The second kappa shape index (κ2) is 6.73. The van der Waals surface area contributed by atoms with E-state index in [1.165, 1.54) is 32.4 Å². The van der Waals surface area contributed by atoms with Crippen molar-refractivity contribution in [2.75, 3.05) is 20.8 Å². The van der Waals surface area contributed by atoms with Crippen molar-refractivity contribution in [3.63, 3.8) is 0 Å². The molecule has 1 aromatic carbocycles. The van der Waals surface area contributed by atoms with Gasteiger partial charge < -0.3 is 14.8 Å². The van der Waals surface area contributed by atoms with E-state index < -0.39 is 30.4 Å². The maximum Gasteiger partial charge on any atom is 0.337 e. The van der Waals surface area contributed by atoms with Crippen LogP contribution in [0, 0.1) is 0 Å². The minimum atomic E-state index is -0.697. The number of ether oxygens (including phenoxy) is 2. The summed E-state index contributed by atoms with van der Waals surface area (Å²) >= 11 is 0. The number of carbonyl (C=O) groups excluding carboxylic acids is 4. The summed E-state index contributed by atoms with van der Waals surface area (Å²) in [6.07, 6.45) is 1.44. The van der Waals surface area contributed by atoms with Gasteiger partial charge in [-0.05, 0) is 23.8 Å². The van der Waals surface area contributed by atoms with Crippen molar-refractivity contribution in [3.05, 3.63) is 41.1 Å². The number of carbonyl (C=O) groups is 4. The molecule has 0 aromatic heterocycles. The number of rotatable bonds is 4. The van der Waals surface area contributed by atoms with Gasteiger partial charge in [0.2, 0.25) is 0 Å². The normalized spacial score (nSPS) is 15.6. The summed E-state index contributed by atoms with van der Waals surface area (Å²) in [5.74, 6) is -1.80. The molecule has 2 rings (SSSR count). The topological polar surface area (TPSA) is 102 Å². The zero-order valence-corrected chi connectivity index (χ0v) is 12.5. The molecule has 8 nitrogen and oxygen atoms in total. The van der Waals surface area contributed by atoms with Crippen LogP contribution in [0.4, 0.5) is 4.79 Å². The second-order valence-corrected chi connectivity index (χ2v) is 4.57. The van der Waals surface area contributed by atoms with Crippen molar-refractivity contribution >= 4 is 30.0 Å². The molecule has 0 saturated carbocycles. The Morgan fingerprint density at radius 3 is 2.35 bits per heavy atom. The van der Waals surface area contributed by atoms with E-state index in [0.29, 0.717) is 11.1 Å². The van der Waals surface area contributed by atoms with Crippen LogP contribution in [0.5, 0.6) is 0 Å². The molecule has 120 valence electrons. The Hall–Kier alpha value is -3.16. The van der Waals surface area contributed by atoms with Crippen LogP contribution in [0.15, 0.2) is 30.0 Å². The summed E-state index contributed by atoms with van der Waals surface area (Å²) in [5, 5.41) is 2.38. The third-order valence-corrected chi connectivity index (χ3v) is 3.12. The molecular formula is C15H14N2O6. The van der Waals surface area contributed by atoms with Gasteiger partial charge in [-0.15, -0.1) is 0 Å². The quantitative estimate of drug-likeness (QED) is 0.494. The third kappa shape index (κ3) is 3.54. The Bertz CT molecular complexity index is 692. The number of hydrogen-bond donors (Lipinski definition) is 1. The van der Waals surface area contributed by atoms with Crippen molar-refractivity contribution in [2.24, 2.45) is 0 Å². The lowest BCUT2D eigenvalue weighted by atomic mass is 10.1. The van der Waals surface area contributed by atoms with Gasteiger partial charge in [0.05, 0.1) is 19.8 Å². The molecule has 1 aliphatic heterocycles. The van der Waals surface area contributed by atoms with E-state index in [1.54, 1.807) is 12.1 Å². The number of urea groups is 1. The molecular weight excluding hydrogens is 304 g/mol. The first kappa shape index (κ1) is 16.2. The van der Waals surface area contributed by atoms with E-state index in [-0.39, 0.29) is 5.70 Å². The monoisotopic (exact) mass is 318 g/mol. The summed E-state index contributed by atoms with van der Waals surface area (Å²) < 4.78 is 9.02. The van der Waals surface area contributed by atoms with Gasteiger partial charge in [0.1, 0.15) is 12.2 Å². The van der Waals surface area contributed by atoms with Gasteiger partial charge in [-0.3, -0.25) is 9.59 Å². The lowest BCUT2D eigenvalue weighted by Gasteiger charge is -2.08. The smallest absolute Gasteiger partial charge is 0.337 e. The molecule has 1 saturated heterocycles. The maximum atomic E-state index is 12.1. The average Bonchev–Trinajstić information content (AvgIpc) is 2.82. The SMILES string of the molecule is COC(=O)CN1C(=O)N/C(=C/c2ccc(C(=O)OC)cc2)C1=O. The molecule has 1 heterocycles. The molecule has 0 bridgehead atoms. The summed E-state index contributed by atoms with van der Waals surface area (Å²) in [6.45, 7) is -0.459. The first-order valence-corrected chi connectivity index (χ1v) is 6.56. The Balaban J connectivity index is 2.17. The molecule has 1 aromatic rings. The summed E-state index contributed by atoms with van der Waals surface area (Å²) in [5.41, 5.74) is 0.995. The van der Waals surface area contributed by atoms with Crippen LogP contribution in [0.2, 0.25) is 0 Å². The van der Waals surface area contributed by atoms with Gasteiger partial charge in [0.15, 0.2) is 0 Å². The number of methoxy groups -OCH3 is 2. The molecule has 23 heavy (non-hydrogen) atoms. The number of imide groups is 1. The van der Waals surface area contributed by atoms with Crippen molar-refractivity contribution < 1.29 is 28.7 Å².